The van der Waals surface area contributed by atoms with Gasteiger partial charge in [-0.3, -0.25) is 4.79 Å². The highest BCUT2D eigenvalue weighted by molar-refractivity contribution is 5.76. The molecule has 2 aromatic carbocycles. The maximum absolute atomic E-state index is 14.2. The maximum Gasteiger partial charge on any atom is 0.264 e. The standard InChI is InChI=1S/C17H9F2N3O/c18-13-2-3-14(11(5-13)8-20)15-6-10(1-4-16(15)19)12-7-17(23)22-21-9-12/h1-7,9H,(H,22,23). The molecule has 0 saturated carbocycles. The van der Waals surface area contributed by atoms with Crippen LogP contribution in [0.1, 0.15) is 5.56 Å². The van der Waals surface area contributed by atoms with Crippen LogP contribution in [0.3, 0.4) is 0 Å². The summed E-state index contributed by atoms with van der Waals surface area (Å²) in [4.78, 5) is 11.3. The van der Waals surface area contributed by atoms with Gasteiger partial charge in [-0.05, 0) is 29.8 Å². The SMILES string of the molecule is N#Cc1cc(F)ccc1-c1cc(-c2cn[nH]c(=O)c2)ccc1F. The van der Waals surface area contributed by atoms with E-state index in [1.807, 2.05) is 6.07 Å². The molecule has 4 nitrogen and oxygen atoms in total. The zero-order valence-corrected chi connectivity index (χ0v) is 11.7. The zero-order chi connectivity index (χ0) is 16.4. The van der Waals surface area contributed by atoms with Crippen molar-refractivity contribution in [2.75, 3.05) is 0 Å². The summed E-state index contributed by atoms with van der Waals surface area (Å²) in [6.45, 7) is 0. The van der Waals surface area contributed by atoms with Crippen molar-refractivity contribution in [1.82, 2.24) is 10.2 Å². The lowest BCUT2D eigenvalue weighted by molar-refractivity contribution is 0.625. The number of halogens is 2. The van der Waals surface area contributed by atoms with Crippen molar-refractivity contribution >= 4 is 0 Å². The Labute approximate surface area is 129 Å². The van der Waals surface area contributed by atoms with Crippen LogP contribution < -0.4 is 5.56 Å². The van der Waals surface area contributed by atoms with Crippen LogP contribution in [0.4, 0.5) is 8.78 Å². The van der Waals surface area contributed by atoms with E-state index in [0.717, 1.165) is 12.1 Å². The first kappa shape index (κ1) is 14.6. The van der Waals surface area contributed by atoms with E-state index in [0.29, 0.717) is 11.1 Å². The molecule has 6 heteroatoms. The van der Waals surface area contributed by atoms with Gasteiger partial charge in [0.1, 0.15) is 11.6 Å². The minimum atomic E-state index is -0.569. The van der Waals surface area contributed by atoms with E-state index < -0.39 is 11.6 Å². The number of nitrogens with one attached hydrogen (secondary N) is 1. The van der Waals surface area contributed by atoms with Crippen molar-refractivity contribution in [3.8, 4) is 28.3 Å². The minimum absolute atomic E-state index is 0.0325. The van der Waals surface area contributed by atoms with E-state index in [-0.39, 0.29) is 22.2 Å². The van der Waals surface area contributed by atoms with Gasteiger partial charge in [0, 0.05) is 22.8 Å². The molecule has 0 radical (unpaired) electrons. The van der Waals surface area contributed by atoms with Gasteiger partial charge in [0.15, 0.2) is 0 Å². The Morgan fingerprint density at radius 1 is 1.00 bits per heavy atom. The fraction of sp³-hybridized carbons (Fsp3) is 0. The van der Waals surface area contributed by atoms with Crippen LogP contribution in [-0.4, -0.2) is 10.2 Å². The van der Waals surface area contributed by atoms with Gasteiger partial charge in [0.25, 0.3) is 5.56 Å². The molecule has 112 valence electrons. The third-order valence-corrected chi connectivity index (χ3v) is 3.36. The predicted octanol–water partition coefficient (Wildman–Crippen LogP) is 3.25. The van der Waals surface area contributed by atoms with E-state index in [9.17, 15) is 13.6 Å². The molecule has 0 atom stereocenters. The van der Waals surface area contributed by atoms with Crippen LogP contribution in [0, 0.1) is 23.0 Å². The maximum atomic E-state index is 14.2. The Morgan fingerprint density at radius 2 is 1.83 bits per heavy atom. The second-order valence-corrected chi connectivity index (χ2v) is 4.83. The van der Waals surface area contributed by atoms with Gasteiger partial charge in [-0.15, -0.1) is 0 Å². The van der Waals surface area contributed by atoms with Crippen LogP contribution in [0.2, 0.25) is 0 Å². The van der Waals surface area contributed by atoms with Gasteiger partial charge in [-0.1, -0.05) is 12.1 Å². The lowest BCUT2D eigenvalue weighted by atomic mass is 9.96. The van der Waals surface area contributed by atoms with Gasteiger partial charge in [-0.2, -0.15) is 10.4 Å². The number of nitriles is 1. The van der Waals surface area contributed by atoms with E-state index in [1.165, 1.54) is 36.5 Å². The molecule has 0 saturated heterocycles. The molecule has 3 rings (SSSR count). The van der Waals surface area contributed by atoms with Gasteiger partial charge in [0.05, 0.1) is 17.8 Å². The fourth-order valence-corrected chi connectivity index (χ4v) is 2.29. The van der Waals surface area contributed by atoms with Crippen molar-refractivity contribution < 1.29 is 8.78 Å². The number of aromatic nitrogens is 2. The molecule has 0 aliphatic carbocycles. The summed E-state index contributed by atoms with van der Waals surface area (Å²) in [5.41, 5.74) is 1.16. The largest absolute Gasteiger partial charge is 0.268 e. The average Bonchev–Trinajstić information content (AvgIpc) is 2.55. The van der Waals surface area contributed by atoms with E-state index in [2.05, 4.69) is 10.2 Å². The normalized spacial score (nSPS) is 10.3. The van der Waals surface area contributed by atoms with Crippen LogP contribution in [0.15, 0.2) is 53.5 Å². The second kappa shape index (κ2) is 5.81. The first-order valence-corrected chi connectivity index (χ1v) is 6.63. The quantitative estimate of drug-likeness (QED) is 0.790. The summed E-state index contributed by atoms with van der Waals surface area (Å²) in [5, 5.41) is 15.1. The lowest BCUT2D eigenvalue weighted by Gasteiger charge is -2.09. The molecular weight excluding hydrogens is 300 g/mol. The van der Waals surface area contributed by atoms with E-state index in [4.69, 9.17) is 5.26 Å². The fourth-order valence-electron chi connectivity index (χ4n) is 2.29. The first-order valence-electron chi connectivity index (χ1n) is 6.63. The molecule has 0 aliphatic rings. The number of aromatic amines is 1. The van der Waals surface area contributed by atoms with E-state index in [1.54, 1.807) is 0 Å². The van der Waals surface area contributed by atoms with Gasteiger partial charge >= 0.3 is 0 Å². The summed E-state index contributed by atoms with van der Waals surface area (Å²) in [5.74, 6) is -1.12. The third-order valence-electron chi connectivity index (χ3n) is 3.36. The molecule has 1 aromatic heterocycles. The molecular formula is C17H9F2N3O. The van der Waals surface area contributed by atoms with E-state index >= 15 is 0 Å². The minimum Gasteiger partial charge on any atom is -0.268 e. The number of benzene rings is 2. The Kier molecular flexibility index (Phi) is 3.69. The molecule has 3 aromatic rings. The monoisotopic (exact) mass is 309 g/mol. The third kappa shape index (κ3) is 2.85. The first-order chi connectivity index (χ1) is 11.1. The van der Waals surface area contributed by atoms with Crippen molar-refractivity contribution in [2.24, 2.45) is 0 Å². The number of H-pyrrole nitrogens is 1. The average molecular weight is 309 g/mol. The molecule has 1 N–H and O–H groups in total. The van der Waals surface area contributed by atoms with Gasteiger partial charge < -0.3 is 0 Å². The number of nitrogens with zero attached hydrogens (tertiary/aromatic N) is 2. The Bertz CT molecular complexity index is 990. The molecule has 0 unspecified atom stereocenters. The van der Waals surface area contributed by atoms with Crippen molar-refractivity contribution in [3.05, 3.63) is 76.2 Å². The molecule has 0 aliphatic heterocycles. The lowest BCUT2D eigenvalue weighted by Crippen LogP contribution is -2.05. The Morgan fingerprint density at radius 3 is 2.57 bits per heavy atom. The second-order valence-electron chi connectivity index (χ2n) is 4.83. The van der Waals surface area contributed by atoms with Crippen molar-refractivity contribution in [3.63, 3.8) is 0 Å². The summed E-state index contributed by atoms with van der Waals surface area (Å²) in [6.07, 6.45) is 1.44. The van der Waals surface area contributed by atoms with Crippen LogP contribution in [-0.2, 0) is 0 Å². The molecule has 0 spiro atoms. The van der Waals surface area contributed by atoms with Crippen LogP contribution in [0.25, 0.3) is 22.3 Å². The highest BCUT2D eigenvalue weighted by Crippen LogP contribution is 2.30. The van der Waals surface area contributed by atoms with Crippen LogP contribution in [0.5, 0.6) is 0 Å². The van der Waals surface area contributed by atoms with Gasteiger partial charge in [-0.25, -0.2) is 13.9 Å². The Hall–Kier alpha value is -3.33. The number of rotatable bonds is 2. The molecule has 1 heterocycles. The summed E-state index contributed by atoms with van der Waals surface area (Å²) in [6, 6.07) is 11.0. The molecule has 0 amide bonds. The van der Waals surface area contributed by atoms with Crippen molar-refractivity contribution in [2.45, 2.75) is 0 Å². The topological polar surface area (TPSA) is 69.5 Å². The number of hydrogen-bond acceptors (Lipinski definition) is 3. The van der Waals surface area contributed by atoms with Gasteiger partial charge in [0.2, 0.25) is 0 Å². The predicted molar refractivity (Wildman–Crippen MR) is 80.4 cm³/mol. The smallest absolute Gasteiger partial charge is 0.264 e. The highest BCUT2D eigenvalue weighted by Gasteiger charge is 2.12. The summed E-state index contributed by atoms with van der Waals surface area (Å²) in [7, 11) is 0. The van der Waals surface area contributed by atoms with Crippen molar-refractivity contribution in [1.29, 1.82) is 5.26 Å². The molecule has 0 bridgehead atoms. The summed E-state index contributed by atoms with van der Waals surface area (Å²) >= 11 is 0. The molecule has 23 heavy (non-hydrogen) atoms. The molecule has 0 fully saturated rings. The highest BCUT2D eigenvalue weighted by atomic mass is 19.1. The van der Waals surface area contributed by atoms with Crippen LogP contribution >= 0.6 is 0 Å². The Balaban J connectivity index is 2.20. The zero-order valence-electron chi connectivity index (χ0n) is 11.7. The summed E-state index contributed by atoms with van der Waals surface area (Å²) < 4.78 is 27.4. The number of hydrogen-bond donors (Lipinski definition) is 1.